The highest BCUT2D eigenvalue weighted by atomic mass is 16.6. The second-order valence-corrected chi connectivity index (χ2v) is 3.54. The van der Waals surface area contributed by atoms with Gasteiger partial charge in [0.25, 0.3) is 5.69 Å². The molecule has 0 fully saturated rings. The highest BCUT2D eigenvalue weighted by Crippen LogP contribution is 2.21. The molecule has 0 spiro atoms. The number of hydrogen-bond donors (Lipinski definition) is 3. The van der Waals surface area contributed by atoms with Gasteiger partial charge in [-0.3, -0.25) is 10.1 Å². The summed E-state index contributed by atoms with van der Waals surface area (Å²) in [5.74, 6) is 0. The highest BCUT2D eigenvalue weighted by Gasteiger charge is 2.19. The van der Waals surface area contributed by atoms with Gasteiger partial charge in [-0.25, -0.2) is 4.79 Å². The van der Waals surface area contributed by atoms with Crippen LogP contribution in [0.5, 0.6) is 0 Å². The summed E-state index contributed by atoms with van der Waals surface area (Å²) in [6, 6.07) is 4.69. The monoisotopic (exact) mass is 240 g/mol. The smallest absolute Gasteiger partial charge is 0.404 e. The molecule has 1 unspecified atom stereocenters. The minimum absolute atomic E-state index is 0.149. The molecule has 0 aliphatic carbocycles. The minimum Gasteiger partial charge on any atom is -0.465 e. The Kier molecular flexibility index (Phi) is 4.00. The third kappa shape index (κ3) is 3.42. The lowest BCUT2D eigenvalue weighted by Crippen LogP contribution is -2.35. The first-order chi connectivity index (χ1) is 7.91. The standard InChI is InChI=1S/C10H12N2O5/c1-6(11-10(14)15)9(13)7-3-2-4-8(5-7)12(16)17/h2-6,9,11,13H,1H3,(H,14,15)/t6-,9?/m0/s1. The van der Waals surface area contributed by atoms with Crippen molar-refractivity contribution in [3.8, 4) is 0 Å². The molecule has 1 amide bonds. The third-order valence-electron chi connectivity index (χ3n) is 2.25. The number of nitro groups is 1. The summed E-state index contributed by atoms with van der Waals surface area (Å²) >= 11 is 0. The number of benzene rings is 1. The number of nitro benzene ring substituents is 1. The zero-order valence-corrected chi connectivity index (χ0v) is 9.03. The van der Waals surface area contributed by atoms with Gasteiger partial charge in [-0.05, 0) is 12.5 Å². The first-order valence-corrected chi connectivity index (χ1v) is 4.83. The molecule has 0 bridgehead atoms. The van der Waals surface area contributed by atoms with Crippen LogP contribution < -0.4 is 5.32 Å². The van der Waals surface area contributed by atoms with E-state index in [2.05, 4.69) is 5.32 Å². The number of aliphatic hydroxyl groups is 1. The predicted octanol–water partition coefficient (Wildman–Crippen LogP) is 1.28. The van der Waals surface area contributed by atoms with E-state index in [1.54, 1.807) is 0 Å². The second-order valence-electron chi connectivity index (χ2n) is 3.54. The molecule has 1 aromatic rings. The summed E-state index contributed by atoms with van der Waals surface area (Å²) in [5, 5.41) is 30.9. The molecule has 92 valence electrons. The van der Waals surface area contributed by atoms with Gasteiger partial charge in [0.05, 0.1) is 17.1 Å². The van der Waals surface area contributed by atoms with Gasteiger partial charge in [0.15, 0.2) is 0 Å². The maximum absolute atomic E-state index is 10.5. The predicted molar refractivity (Wildman–Crippen MR) is 58.7 cm³/mol. The fraction of sp³-hybridized carbons (Fsp3) is 0.300. The van der Waals surface area contributed by atoms with Crippen molar-refractivity contribution in [3.63, 3.8) is 0 Å². The van der Waals surface area contributed by atoms with E-state index in [1.807, 2.05) is 0 Å². The number of non-ortho nitro benzene ring substituents is 1. The zero-order chi connectivity index (χ0) is 13.0. The van der Waals surface area contributed by atoms with Crippen molar-refractivity contribution in [1.29, 1.82) is 0 Å². The van der Waals surface area contributed by atoms with Crippen LogP contribution in [-0.4, -0.2) is 27.3 Å². The van der Waals surface area contributed by atoms with Gasteiger partial charge in [0.1, 0.15) is 0 Å². The molecule has 3 N–H and O–H groups in total. The summed E-state index contributed by atoms with van der Waals surface area (Å²) in [4.78, 5) is 20.3. The third-order valence-corrected chi connectivity index (χ3v) is 2.25. The summed E-state index contributed by atoms with van der Waals surface area (Å²) in [7, 11) is 0. The number of hydrogen-bond acceptors (Lipinski definition) is 4. The number of carboxylic acid groups (broad SMARTS) is 1. The lowest BCUT2D eigenvalue weighted by atomic mass is 10.0. The van der Waals surface area contributed by atoms with Crippen LogP contribution in [0.25, 0.3) is 0 Å². The first kappa shape index (κ1) is 12.9. The largest absolute Gasteiger partial charge is 0.465 e. The summed E-state index contributed by atoms with van der Waals surface area (Å²) in [5.41, 5.74) is 0.143. The highest BCUT2D eigenvalue weighted by molar-refractivity contribution is 5.64. The number of aliphatic hydroxyl groups excluding tert-OH is 1. The quantitative estimate of drug-likeness (QED) is 0.542. The molecular weight excluding hydrogens is 228 g/mol. The normalized spacial score (nSPS) is 13.8. The average molecular weight is 240 g/mol. The van der Waals surface area contributed by atoms with E-state index in [0.717, 1.165) is 0 Å². The number of nitrogens with zero attached hydrogens (tertiary/aromatic N) is 1. The van der Waals surface area contributed by atoms with E-state index < -0.39 is 23.2 Å². The fourth-order valence-electron chi connectivity index (χ4n) is 1.38. The van der Waals surface area contributed by atoms with E-state index in [1.165, 1.54) is 31.2 Å². The van der Waals surface area contributed by atoms with Gasteiger partial charge in [-0.1, -0.05) is 12.1 Å². The van der Waals surface area contributed by atoms with E-state index in [9.17, 15) is 20.0 Å². The molecule has 0 heterocycles. The van der Waals surface area contributed by atoms with Crippen LogP contribution in [0.3, 0.4) is 0 Å². The zero-order valence-electron chi connectivity index (χ0n) is 9.03. The van der Waals surface area contributed by atoms with Crippen LogP contribution in [0.2, 0.25) is 0 Å². The Morgan fingerprint density at radius 3 is 2.71 bits per heavy atom. The molecule has 7 nitrogen and oxygen atoms in total. The van der Waals surface area contributed by atoms with Crippen molar-refractivity contribution in [2.45, 2.75) is 19.1 Å². The topological polar surface area (TPSA) is 113 Å². The molecule has 17 heavy (non-hydrogen) atoms. The molecule has 0 saturated heterocycles. The van der Waals surface area contributed by atoms with Crippen LogP contribution in [0.15, 0.2) is 24.3 Å². The van der Waals surface area contributed by atoms with Gasteiger partial charge in [-0.15, -0.1) is 0 Å². The van der Waals surface area contributed by atoms with Gasteiger partial charge < -0.3 is 15.5 Å². The summed E-state index contributed by atoms with van der Waals surface area (Å²) < 4.78 is 0. The van der Waals surface area contributed by atoms with Crippen LogP contribution in [0.1, 0.15) is 18.6 Å². The molecule has 1 rings (SSSR count). The maximum Gasteiger partial charge on any atom is 0.404 e. The molecule has 2 atom stereocenters. The Labute approximate surface area is 96.8 Å². The van der Waals surface area contributed by atoms with Crippen molar-refractivity contribution in [3.05, 3.63) is 39.9 Å². The van der Waals surface area contributed by atoms with Crippen molar-refractivity contribution in [2.24, 2.45) is 0 Å². The molecule has 0 aliphatic rings. The Morgan fingerprint density at radius 2 is 2.18 bits per heavy atom. The number of carbonyl (C=O) groups is 1. The van der Waals surface area contributed by atoms with Crippen molar-refractivity contribution < 1.29 is 19.9 Å². The minimum atomic E-state index is -1.26. The first-order valence-electron chi connectivity index (χ1n) is 4.83. The SMILES string of the molecule is C[C@H](NC(=O)O)C(O)c1cccc([N+](=O)[O-])c1. The van der Waals surface area contributed by atoms with E-state index in [0.29, 0.717) is 5.56 Å². The Balaban J connectivity index is 2.88. The molecular formula is C10H12N2O5. The van der Waals surface area contributed by atoms with E-state index >= 15 is 0 Å². The second kappa shape index (κ2) is 5.26. The molecule has 0 radical (unpaired) electrons. The number of amides is 1. The van der Waals surface area contributed by atoms with Gasteiger partial charge in [0, 0.05) is 12.1 Å². The van der Waals surface area contributed by atoms with Crippen LogP contribution >= 0.6 is 0 Å². The average Bonchev–Trinajstić information content (AvgIpc) is 2.27. The van der Waals surface area contributed by atoms with Gasteiger partial charge >= 0.3 is 6.09 Å². The molecule has 0 aromatic heterocycles. The fourth-order valence-corrected chi connectivity index (χ4v) is 1.38. The molecule has 1 aromatic carbocycles. The van der Waals surface area contributed by atoms with Gasteiger partial charge in [0.2, 0.25) is 0 Å². The Bertz CT molecular complexity index is 434. The maximum atomic E-state index is 10.5. The lowest BCUT2D eigenvalue weighted by Gasteiger charge is -2.18. The van der Waals surface area contributed by atoms with Crippen molar-refractivity contribution in [2.75, 3.05) is 0 Å². The molecule has 0 saturated carbocycles. The summed E-state index contributed by atoms with van der Waals surface area (Å²) in [6.45, 7) is 1.47. The van der Waals surface area contributed by atoms with Crippen molar-refractivity contribution in [1.82, 2.24) is 5.32 Å². The van der Waals surface area contributed by atoms with E-state index in [4.69, 9.17) is 5.11 Å². The number of rotatable bonds is 4. The summed E-state index contributed by atoms with van der Waals surface area (Å²) in [6.07, 6.45) is -2.40. The molecule has 0 aliphatic heterocycles. The van der Waals surface area contributed by atoms with Gasteiger partial charge in [-0.2, -0.15) is 0 Å². The van der Waals surface area contributed by atoms with Crippen molar-refractivity contribution >= 4 is 11.8 Å². The lowest BCUT2D eigenvalue weighted by molar-refractivity contribution is -0.385. The number of nitrogens with one attached hydrogen (secondary N) is 1. The van der Waals surface area contributed by atoms with Crippen LogP contribution in [0, 0.1) is 10.1 Å². The van der Waals surface area contributed by atoms with Crippen LogP contribution in [0.4, 0.5) is 10.5 Å². The Morgan fingerprint density at radius 1 is 1.53 bits per heavy atom. The molecule has 7 heteroatoms. The van der Waals surface area contributed by atoms with E-state index in [-0.39, 0.29) is 5.69 Å². The van der Waals surface area contributed by atoms with Crippen LogP contribution in [-0.2, 0) is 0 Å². The Hall–Kier alpha value is -2.15.